The van der Waals surface area contributed by atoms with Crippen LogP contribution >= 0.6 is 1550 Å². The van der Waals surface area contributed by atoms with Gasteiger partial charge in [0.1, 0.15) is 0 Å². The van der Waals surface area contributed by atoms with Crippen molar-refractivity contribution in [1.82, 2.24) is 0 Å². The maximum absolute atomic E-state index is 3.50. The van der Waals surface area contributed by atoms with E-state index >= 15 is 0 Å². The molecule has 0 saturated heterocycles. The summed E-state index contributed by atoms with van der Waals surface area (Å²) in [5, 5.41) is 0. The molecule has 0 saturated carbocycles. The third kappa shape index (κ3) is 81.5. The molecular weight excluding hydrogens is 14700 g/mol. The summed E-state index contributed by atoms with van der Waals surface area (Å²) in [6.45, 7) is 0. The Hall–Kier alpha value is 84.7. The molecule has 0 radical (unpaired) electrons. The van der Waals surface area contributed by atoms with E-state index in [1.165, 1.54) is 0 Å². The van der Waals surface area contributed by atoms with Crippen molar-refractivity contribution in [3.63, 3.8) is 0 Å². The molecule has 116 heavy (non-hydrogen) atoms. The third-order valence-electron chi connectivity index (χ3n) is 4.57. The number of rotatable bonds is 56. The first-order chi connectivity index (χ1) is 52.7. The minimum atomic E-state index is -0.673. The van der Waals surface area contributed by atoms with E-state index in [9.17, 15) is 0 Å². The first-order valence-electron chi connectivity index (χ1n) is 16.4. The van der Waals surface area contributed by atoms with Gasteiger partial charge in [-0.15, -0.1) is 0 Å². The third-order valence-corrected chi connectivity index (χ3v) is 9260. The number of halogens is 116. The molecule has 0 amide bonds. The Morgan fingerprint density at radius 2 is 0.0690 bits per heavy atom. The molecule has 0 spiro atoms. The molecule has 0 atom stereocenters. The zero-order chi connectivity index (χ0) is 91.9. The fraction of sp³-hybridized carbons (Fsp3) is 0. The van der Waals surface area contributed by atoms with Gasteiger partial charge in [0.2, 0.25) is 0 Å². The summed E-state index contributed by atoms with van der Waals surface area (Å²) in [6.07, 6.45) is 0. The van der Waals surface area contributed by atoms with Gasteiger partial charge in [-0.05, 0) is 0 Å². The van der Waals surface area contributed by atoms with E-state index < -0.39 is 450 Å². The summed E-state index contributed by atoms with van der Waals surface area (Å²) >= 11 is 201. The number of hydrogen-bond acceptors (Lipinski definition) is 0. The summed E-state index contributed by atoms with van der Waals surface area (Å²) in [7, 11) is -35.8. The Morgan fingerprint density at radius 3 is 0.0948 bits per heavy atom. The van der Waals surface area contributed by atoms with Crippen molar-refractivity contribution in [3.8, 4) is 0 Å². The van der Waals surface area contributed by atoms with Gasteiger partial charge in [0.25, 0.3) is 0 Å². The molecule has 812 valence electrons. The van der Waals surface area contributed by atoms with Gasteiger partial charge >= 0.3 is 1550 Å². The van der Waals surface area contributed by atoms with Crippen LogP contribution in [-0.4, -0.2) is 0 Å². The van der Waals surface area contributed by atoms with Crippen LogP contribution in [0.4, 0.5) is 0 Å². The van der Waals surface area contributed by atoms with Crippen molar-refractivity contribution < 1.29 is 0 Å². The fourth-order valence-electron chi connectivity index (χ4n) is 1.70. The maximum atomic E-state index is 3.50. The van der Waals surface area contributed by atoms with Crippen LogP contribution in [0.5, 0.6) is 0 Å². The summed E-state index contributed by atoms with van der Waals surface area (Å²) < 4.78 is 0. The molecule has 116 heteroatoms. The summed E-state index contributed by atoms with van der Waals surface area (Å²) in [4.78, 5) is 0. The van der Waals surface area contributed by atoms with Crippen LogP contribution in [0.3, 0.4) is 0 Å². The Bertz CT molecular complexity index is 2300. The monoisotopic (exact) mass is 14700 g/mol. The molecule has 0 bridgehead atoms. The predicted molar refractivity (Wildman–Crippen MR) is 1630 cm³/mol. The van der Waals surface area contributed by atoms with Gasteiger partial charge < -0.3 is 0 Å². The quantitative estimate of drug-likeness (QED) is 0.0533. The average Bonchev–Trinajstić information content (AvgIpc) is 0.819. The van der Waals surface area contributed by atoms with E-state index in [0.717, 1.165) is 0 Å². The SMILES string of the molecule is II(I)I(I)I(I)I(I)I(I)I(I)I(I)I(I)I(I)I(I)I(I)I(I)I(I)I(I)I(I)I(I)I(I)I(I)I(I)I(I)I(I)I(I)I(I)I(I)I(I)I(I)I(I)I(I)I(I)I(I)I(I)I(I)I(I)I(I)I(I)I(I)I(I)I(I)I(I)I(I)I(I)I(I)I(I)I(I)I(I)I(I)I(I)I(I)I(I)I(I)I(I)I(I)I(I)I(I)I(I)I(I)I(I)I. The van der Waals surface area contributed by atoms with Crippen molar-refractivity contribution >= 4 is 1550 Å². The normalized spacial score (nSPS) is 19.2. The Kier molecular flexibility index (Phi) is 209. The molecule has 0 rings (SSSR count). The van der Waals surface area contributed by atoms with Crippen LogP contribution in [0.15, 0.2) is 0 Å². The molecule has 0 heterocycles. The van der Waals surface area contributed by atoms with Crippen molar-refractivity contribution in [2.45, 2.75) is 0 Å². The van der Waals surface area contributed by atoms with E-state index in [1.807, 2.05) is 0 Å². The van der Waals surface area contributed by atoms with Crippen LogP contribution in [0.2, 0.25) is 0 Å². The molecule has 0 aliphatic rings. The van der Waals surface area contributed by atoms with E-state index in [0.29, 0.717) is 0 Å². The van der Waals surface area contributed by atoms with Gasteiger partial charge in [0, 0.05) is 0 Å². The van der Waals surface area contributed by atoms with Gasteiger partial charge in [-0.25, -0.2) is 0 Å². The molecular formula is I116. The minimum absolute atomic E-state index is 0.495. The predicted octanol–water partition coefficient (Wildman–Crippen LogP) is 103. The molecule has 0 aliphatic carbocycles. The fourth-order valence-corrected chi connectivity index (χ4v) is 23100. The van der Waals surface area contributed by atoms with Gasteiger partial charge in [0.15, 0.2) is 0 Å². The summed E-state index contributed by atoms with van der Waals surface area (Å²) in [6, 6.07) is 0. The summed E-state index contributed by atoms with van der Waals surface area (Å²) in [5.41, 5.74) is 0. The topological polar surface area (TPSA) is 0 Å². The zero-order valence-electron chi connectivity index (χ0n) is 43.8. The molecule has 0 aromatic rings. The molecule has 0 unspecified atom stereocenters. The van der Waals surface area contributed by atoms with E-state index in [2.05, 4.69) is 1100 Å². The first kappa shape index (κ1) is 201. The standard InChI is InChI=1S/I116/c1-60(2)62(5)64(7)66(9)68(11)70(13)72(15)74(17)76(19)78(21)80(23)82(25)84(27)86(29)88(31)90(33)92(35)94(37)96(39)98(41)100(43)102(45)104(47)106(49)108(51)110(53)112(55)114(57)116(59)115(58)113(56)111(54)109(52)107(50)105(48)103(46)101(44)99(42)97(40)95(38)93(36)91(34)89(32)87(30)85(28)83(26)81(24)79(22)77(20)75(18)73(16)71(14)69(12)67(10)65(8)63(6)61(3)4. The molecule has 0 aromatic carbocycles. The van der Waals surface area contributed by atoms with Crippen LogP contribution in [0.25, 0.3) is 0 Å². The molecule has 0 aliphatic heterocycles. The van der Waals surface area contributed by atoms with Crippen LogP contribution in [0, 0.1) is 0 Å². The van der Waals surface area contributed by atoms with E-state index in [4.69, 9.17) is 0 Å². The van der Waals surface area contributed by atoms with Gasteiger partial charge in [-0.2, -0.15) is 0 Å². The van der Waals surface area contributed by atoms with Crippen molar-refractivity contribution in [2.24, 2.45) is 0 Å². The van der Waals surface area contributed by atoms with E-state index in [-0.39, 0.29) is 0 Å². The van der Waals surface area contributed by atoms with Crippen molar-refractivity contribution in [3.05, 3.63) is 0 Å². The average molecular weight is 14700 g/mol. The van der Waals surface area contributed by atoms with Gasteiger partial charge in [-0.1, -0.05) is 0 Å². The molecule has 0 nitrogen and oxygen atoms in total. The molecule has 0 fully saturated rings. The Morgan fingerprint density at radius 1 is 0.0431 bits per heavy atom. The van der Waals surface area contributed by atoms with Crippen molar-refractivity contribution in [2.75, 3.05) is 0 Å². The second-order valence-electron chi connectivity index (χ2n) is 9.23. The van der Waals surface area contributed by atoms with Crippen LogP contribution < -0.4 is 0 Å². The van der Waals surface area contributed by atoms with Gasteiger partial charge in [0.05, 0.1) is 0 Å². The molecule has 0 aromatic heterocycles. The Labute approximate surface area is 1450 Å². The Balaban J connectivity index is 5.95. The van der Waals surface area contributed by atoms with E-state index in [1.54, 1.807) is 0 Å². The first-order valence-corrected chi connectivity index (χ1v) is 739. The molecule has 0 N–H and O–H groups in total. The second kappa shape index (κ2) is 121. The van der Waals surface area contributed by atoms with Crippen LogP contribution in [-0.2, 0) is 0 Å². The van der Waals surface area contributed by atoms with Gasteiger partial charge in [-0.3, -0.25) is 0 Å². The zero-order valence-corrected chi connectivity index (χ0v) is 294. The second-order valence-corrected chi connectivity index (χ2v) is 2790. The van der Waals surface area contributed by atoms with Crippen LogP contribution in [0.1, 0.15) is 0 Å². The van der Waals surface area contributed by atoms with Crippen molar-refractivity contribution in [1.29, 1.82) is 0 Å². The summed E-state index contributed by atoms with van der Waals surface area (Å²) in [5.74, 6) is 0. The number of hydrogen-bond donors (Lipinski definition) is 0.